The van der Waals surface area contributed by atoms with Crippen LogP contribution in [0.1, 0.15) is 17.1 Å². The lowest BCUT2D eigenvalue weighted by Gasteiger charge is -2.05. The van der Waals surface area contributed by atoms with E-state index in [0.29, 0.717) is 13.1 Å². The first-order chi connectivity index (χ1) is 8.28. The number of nitrogens with two attached hydrogens (primary N) is 1. The summed E-state index contributed by atoms with van der Waals surface area (Å²) >= 11 is 0. The van der Waals surface area contributed by atoms with Gasteiger partial charge in [-0.25, -0.2) is 9.97 Å². The lowest BCUT2D eigenvalue weighted by molar-refractivity contribution is 0.942. The summed E-state index contributed by atoms with van der Waals surface area (Å²) in [7, 11) is 0. The van der Waals surface area contributed by atoms with Gasteiger partial charge in [-0.3, -0.25) is 9.97 Å². The fourth-order valence-corrected chi connectivity index (χ4v) is 1.30. The highest BCUT2D eigenvalue weighted by molar-refractivity contribution is 5.35. The quantitative estimate of drug-likeness (QED) is 0.801. The smallest absolute Gasteiger partial charge is 0.129 e. The van der Waals surface area contributed by atoms with Gasteiger partial charge in [-0.05, 0) is 6.92 Å². The second-order valence-corrected chi connectivity index (χ2v) is 3.60. The molecule has 0 radical (unpaired) electrons. The first kappa shape index (κ1) is 11.4. The molecule has 0 saturated heterocycles. The van der Waals surface area contributed by atoms with Gasteiger partial charge in [-0.1, -0.05) is 0 Å². The fraction of sp³-hybridized carbons (Fsp3) is 0.273. The Morgan fingerprint density at radius 3 is 2.71 bits per heavy atom. The summed E-state index contributed by atoms with van der Waals surface area (Å²) < 4.78 is 0. The maximum absolute atomic E-state index is 5.50. The molecule has 2 heterocycles. The lowest BCUT2D eigenvalue weighted by Crippen LogP contribution is -2.06. The van der Waals surface area contributed by atoms with Crippen molar-refractivity contribution in [2.45, 2.75) is 20.0 Å². The summed E-state index contributed by atoms with van der Waals surface area (Å²) in [5, 5.41) is 3.15. The van der Waals surface area contributed by atoms with Crippen LogP contribution in [0.4, 0.5) is 5.82 Å². The van der Waals surface area contributed by atoms with E-state index in [9.17, 15) is 0 Å². The van der Waals surface area contributed by atoms with Crippen LogP contribution in [0, 0.1) is 6.92 Å². The summed E-state index contributed by atoms with van der Waals surface area (Å²) in [6.07, 6.45) is 4.97. The Morgan fingerprint density at radius 2 is 2.00 bits per heavy atom. The Morgan fingerprint density at radius 1 is 1.12 bits per heavy atom. The molecule has 0 aliphatic rings. The molecule has 0 spiro atoms. The minimum atomic E-state index is 0.404. The number of nitrogens with zero attached hydrogens (tertiary/aromatic N) is 4. The minimum Gasteiger partial charge on any atom is -0.364 e. The highest BCUT2D eigenvalue weighted by Crippen LogP contribution is 2.05. The van der Waals surface area contributed by atoms with Gasteiger partial charge in [0.25, 0.3) is 0 Å². The zero-order valence-corrected chi connectivity index (χ0v) is 9.59. The van der Waals surface area contributed by atoms with Crippen molar-refractivity contribution in [3.05, 3.63) is 41.9 Å². The highest BCUT2D eigenvalue weighted by atomic mass is 15.0. The molecular formula is C11H14N6. The summed E-state index contributed by atoms with van der Waals surface area (Å²) in [5.41, 5.74) is 8.07. The summed E-state index contributed by atoms with van der Waals surface area (Å²) in [6.45, 7) is 2.89. The van der Waals surface area contributed by atoms with E-state index in [0.717, 1.165) is 22.9 Å². The molecule has 0 aliphatic carbocycles. The largest absolute Gasteiger partial charge is 0.364 e. The monoisotopic (exact) mass is 230 g/mol. The maximum Gasteiger partial charge on any atom is 0.129 e. The van der Waals surface area contributed by atoms with Crippen molar-refractivity contribution in [2.24, 2.45) is 5.73 Å². The van der Waals surface area contributed by atoms with Crippen molar-refractivity contribution in [2.75, 3.05) is 5.32 Å². The van der Waals surface area contributed by atoms with Gasteiger partial charge in [0.2, 0.25) is 0 Å². The molecule has 2 aromatic rings. The minimum absolute atomic E-state index is 0.404. The predicted molar refractivity (Wildman–Crippen MR) is 64.0 cm³/mol. The highest BCUT2D eigenvalue weighted by Gasteiger charge is 1.98. The van der Waals surface area contributed by atoms with E-state index in [-0.39, 0.29) is 0 Å². The van der Waals surface area contributed by atoms with Gasteiger partial charge in [0.1, 0.15) is 12.1 Å². The van der Waals surface area contributed by atoms with Crippen LogP contribution >= 0.6 is 0 Å². The number of hydrogen-bond donors (Lipinski definition) is 2. The Hall–Kier alpha value is -2.08. The molecule has 0 atom stereocenters. The van der Waals surface area contributed by atoms with Crippen LogP contribution in [0.3, 0.4) is 0 Å². The Kier molecular flexibility index (Phi) is 3.56. The molecule has 0 amide bonds. The van der Waals surface area contributed by atoms with Crippen LogP contribution < -0.4 is 11.1 Å². The topological polar surface area (TPSA) is 89.6 Å². The molecular weight excluding hydrogens is 216 g/mol. The van der Waals surface area contributed by atoms with Crippen molar-refractivity contribution in [3.8, 4) is 0 Å². The average molecular weight is 230 g/mol. The van der Waals surface area contributed by atoms with Crippen LogP contribution in [0.25, 0.3) is 0 Å². The van der Waals surface area contributed by atoms with Crippen LogP contribution in [0.5, 0.6) is 0 Å². The van der Waals surface area contributed by atoms with Crippen molar-refractivity contribution in [1.82, 2.24) is 19.9 Å². The first-order valence-electron chi connectivity index (χ1n) is 5.30. The van der Waals surface area contributed by atoms with E-state index in [1.54, 1.807) is 12.4 Å². The molecule has 0 aliphatic heterocycles. The Labute approximate surface area is 99.4 Å². The fourth-order valence-electron chi connectivity index (χ4n) is 1.30. The Bertz CT molecular complexity index is 482. The third-order valence-corrected chi connectivity index (χ3v) is 2.22. The number of aromatic nitrogens is 4. The van der Waals surface area contributed by atoms with Gasteiger partial charge in [-0.15, -0.1) is 0 Å². The number of rotatable bonds is 4. The van der Waals surface area contributed by atoms with Gasteiger partial charge < -0.3 is 11.1 Å². The first-order valence-corrected chi connectivity index (χ1v) is 5.30. The molecule has 0 aromatic carbocycles. The van der Waals surface area contributed by atoms with Gasteiger partial charge in [0, 0.05) is 18.8 Å². The second kappa shape index (κ2) is 5.31. The summed E-state index contributed by atoms with van der Waals surface area (Å²) in [4.78, 5) is 16.5. The van der Waals surface area contributed by atoms with Crippen molar-refractivity contribution >= 4 is 5.82 Å². The van der Waals surface area contributed by atoms with E-state index in [1.807, 2.05) is 13.0 Å². The van der Waals surface area contributed by atoms with Crippen LogP contribution in [-0.2, 0) is 13.1 Å². The summed E-state index contributed by atoms with van der Waals surface area (Å²) in [6, 6.07) is 1.82. The van der Waals surface area contributed by atoms with Crippen molar-refractivity contribution in [3.63, 3.8) is 0 Å². The van der Waals surface area contributed by atoms with Crippen LogP contribution in [0.2, 0.25) is 0 Å². The average Bonchev–Trinajstić information content (AvgIpc) is 2.38. The van der Waals surface area contributed by atoms with E-state index < -0.39 is 0 Å². The molecule has 17 heavy (non-hydrogen) atoms. The molecule has 88 valence electrons. The standard InChI is InChI=1S/C11H14N6/c1-8-4-14-10(5-13-8)6-15-11-2-9(3-12)16-7-17-11/h2,4-5,7H,3,6,12H2,1H3,(H,15,16,17). The molecule has 6 nitrogen and oxygen atoms in total. The second-order valence-electron chi connectivity index (χ2n) is 3.60. The number of anilines is 1. The van der Waals surface area contributed by atoms with E-state index in [1.165, 1.54) is 6.33 Å². The molecule has 0 fully saturated rings. The van der Waals surface area contributed by atoms with Gasteiger partial charge in [0.05, 0.1) is 29.8 Å². The third-order valence-electron chi connectivity index (χ3n) is 2.22. The number of aryl methyl sites for hydroxylation is 1. The zero-order valence-electron chi connectivity index (χ0n) is 9.59. The molecule has 6 heteroatoms. The summed E-state index contributed by atoms with van der Waals surface area (Å²) in [5.74, 6) is 0.739. The molecule has 0 bridgehead atoms. The molecule has 3 N–H and O–H groups in total. The van der Waals surface area contributed by atoms with Crippen LogP contribution in [-0.4, -0.2) is 19.9 Å². The SMILES string of the molecule is Cc1cnc(CNc2cc(CN)ncn2)cn1. The molecule has 2 rings (SSSR count). The van der Waals surface area contributed by atoms with E-state index in [2.05, 4.69) is 25.3 Å². The maximum atomic E-state index is 5.50. The zero-order chi connectivity index (χ0) is 12.1. The van der Waals surface area contributed by atoms with Gasteiger partial charge >= 0.3 is 0 Å². The lowest BCUT2D eigenvalue weighted by atomic mass is 10.3. The van der Waals surface area contributed by atoms with Crippen molar-refractivity contribution in [1.29, 1.82) is 0 Å². The molecule has 0 unspecified atom stereocenters. The number of nitrogens with one attached hydrogen (secondary N) is 1. The third kappa shape index (κ3) is 3.18. The van der Waals surface area contributed by atoms with E-state index in [4.69, 9.17) is 5.73 Å². The van der Waals surface area contributed by atoms with Gasteiger partial charge in [0.15, 0.2) is 0 Å². The predicted octanol–water partition coefficient (Wildman–Crippen LogP) is 0.646. The normalized spacial score (nSPS) is 10.2. The number of hydrogen-bond acceptors (Lipinski definition) is 6. The Balaban J connectivity index is 1.99. The van der Waals surface area contributed by atoms with E-state index >= 15 is 0 Å². The van der Waals surface area contributed by atoms with Gasteiger partial charge in [-0.2, -0.15) is 0 Å². The molecule has 2 aromatic heterocycles. The molecule has 0 saturated carbocycles. The van der Waals surface area contributed by atoms with Crippen LogP contribution in [0.15, 0.2) is 24.8 Å². The van der Waals surface area contributed by atoms with Crippen molar-refractivity contribution < 1.29 is 0 Å².